The van der Waals surface area contributed by atoms with Gasteiger partial charge in [0.05, 0.1) is 6.61 Å². The Morgan fingerprint density at radius 3 is 2.92 bits per heavy atom. The van der Waals surface area contributed by atoms with E-state index in [0.29, 0.717) is 38.5 Å². The number of nitrogens with one attached hydrogen (secondary N) is 1. The van der Waals surface area contributed by atoms with Crippen LogP contribution in [0.4, 0.5) is 0 Å². The summed E-state index contributed by atoms with van der Waals surface area (Å²) in [5, 5.41) is 7.04. The van der Waals surface area contributed by atoms with E-state index in [1.54, 1.807) is 17.9 Å². The molecule has 0 saturated carbocycles. The molecule has 1 aromatic carbocycles. The molecule has 7 nitrogen and oxygen atoms in total. The van der Waals surface area contributed by atoms with Gasteiger partial charge >= 0.3 is 0 Å². The smallest absolute Gasteiger partial charge is 0.272 e. The number of carbonyl (C=O) groups excluding carboxylic acids is 2. The highest BCUT2D eigenvalue weighted by molar-refractivity contribution is 5.98. The highest BCUT2D eigenvalue weighted by Gasteiger charge is 2.26. The van der Waals surface area contributed by atoms with Gasteiger partial charge in [-0.2, -0.15) is 5.10 Å². The van der Waals surface area contributed by atoms with Crippen LogP contribution in [0, 0.1) is 6.92 Å². The number of aromatic nitrogens is 2. The Morgan fingerprint density at radius 1 is 1.31 bits per heavy atom. The molecule has 0 spiro atoms. The maximum atomic E-state index is 12.9. The van der Waals surface area contributed by atoms with Crippen molar-refractivity contribution in [1.82, 2.24) is 20.0 Å². The molecule has 26 heavy (non-hydrogen) atoms. The van der Waals surface area contributed by atoms with Gasteiger partial charge in [0.1, 0.15) is 5.69 Å². The van der Waals surface area contributed by atoms with Crippen molar-refractivity contribution in [1.29, 1.82) is 0 Å². The van der Waals surface area contributed by atoms with E-state index in [1.165, 1.54) is 5.56 Å². The molecule has 0 bridgehead atoms. The number of hydrogen-bond acceptors (Lipinski definition) is 4. The number of nitrogens with zero attached hydrogens (tertiary/aromatic N) is 3. The van der Waals surface area contributed by atoms with Gasteiger partial charge in [0.25, 0.3) is 11.8 Å². The molecule has 3 rings (SSSR count). The minimum absolute atomic E-state index is 0.0903. The molecule has 0 atom stereocenters. The van der Waals surface area contributed by atoms with Crippen LogP contribution < -0.4 is 5.32 Å². The number of aryl methyl sites for hydroxylation is 2. The second-order valence-corrected chi connectivity index (χ2v) is 6.46. The third-order valence-electron chi connectivity index (χ3n) is 4.36. The fraction of sp³-hybridized carbons (Fsp3) is 0.421. The van der Waals surface area contributed by atoms with Crippen LogP contribution in [0.5, 0.6) is 0 Å². The molecule has 1 aliphatic heterocycles. The van der Waals surface area contributed by atoms with Crippen LogP contribution in [0.1, 0.15) is 38.5 Å². The summed E-state index contributed by atoms with van der Waals surface area (Å²) in [6, 6.07) is 9.73. The second kappa shape index (κ2) is 8.14. The molecule has 2 aromatic rings. The van der Waals surface area contributed by atoms with Crippen LogP contribution >= 0.6 is 0 Å². The highest BCUT2D eigenvalue weighted by Crippen LogP contribution is 2.17. The fourth-order valence-corrected chi connectivity index (χ4v) is 3.08. The zero-order chi connectivity index (χ0) is 18.5. The lowest BCUT2D eigenvalue weighted by atomic mass is 10.1. The van der Waals surface area contributed by atoms with Gasteiger partial charge in [-0.1, -0.05) is 29.8 Å². The van der Waals surface area contributed by atoms with Crippen LogP contribution in [-0.4, -0.2) is 53.3 Å². The number of fused-ring (bicyclic) bond motifs is 1. The topological polar surface area (TPSA) is 76.5 Å². The van der Waals surface area contributed by atoms with Gasteiger partial charge < -0.3 is 15.0 Å². The Morgan fingerprint density at radius 2 is 2.15 bits per heavy atom. The summed E-state index contributed by atoms with van der Waals surface area (Å²) < 4.78 is 6.56. The maximum absolute atomic E-state index is 12.9. The molecular formula is C19H24N4O3. The quantitative estimate of drug-likeness (QED) is 0.798. The van der Waals surface area contributed by atoms with Gasteiger partial charge in [-0.05, 0) is 18.9 Å². The van der Waals surface area contributed by atoms with Crippen molar-refractivity contribution >= 4 is 11.8 Å². The van der Waals surface area contributed by atoms with E-state index in [9.17, 15) is 9.59 Å². The van der Waals surface area contributed by atoms with Gasteiger partial charge in [0.15, 0.2) is 5.69 Å². The third-order valence-corrected chi connectivity index (χ3v) is 4.36. The molecule has 7 heteroatoms. The van der Waals surface area contributed by atoms with E-state index in [2.05, 4.69) is 16.5 Å². The number of methoxy groups -OCH3 is 1. The first kappa shape index (κ1) is 18.1. The van der Waals surface area contributed by atoms with E-state index in [1.807, 2.05) is 30.0 Å². The summed E-state index contributed by atoms with van der Waals surface area (Å²) in [5.41, 5.74) is 3.00. The average Bonchev–Trinajstić information content (AvgIpc) is 2.99. The molecule has 1 aliphatic rings. The standard InChI is InChI=1S/C19H24N4O3/c1-14-5-3-6-15(11-14)13-22-8-4-9-23-17(19(22)25)12-16(21-23)18(24)20-7-10-26-2/h3,5-6,11-12H,4,7-10,13H2,1-2H3,(H,20,24). The van der Waals surface area contributed by atoms with Crippen LogP contribution in [0.2, 0.25) is 0 Å². The Balaban J connectivity index is 1.75. The van der Waals surface area contributed by atoms with Gasteiger partial charge in [0, 0.05) is 39.4 Å². The first-order valence-electron chi connectivity index (χ1n) is 8.78. The average molecular weight is 356 g/mol. The highest BCUT2D eigenvalue weighted by atomic mass is 16.5. The number of benzene rings is 1. The normalized spacial score (nSPS) is 14.1. The molecule has 1 aromatic heterocycles. The van der Waals surface area contributed by atoms with Crippen LogP contribution in [0.3, 0.4) is 0 Å². The summed E-state index contributed by atoms with van der Waals surface area (Å²) in [6.45, 7) is 4.73. The van der Waals surface area contributed by atoms with Crippen molar-refractivity contribution in [2.24, 2.45) is 0 Å². The van der Waals surface area contributed by atoms with Crippen LogP contribution in [-0.2, 0) is 17.8 Å². The maximum Gasteiger partial charge on any atom is 0.272 e. The van der Waals surface area contributed by atoms with Crippen LogP contribution in [0.15, 0.2) is 30.3 Å². The van der Waals surface area contributed by atoms with Crippen molar-refractivity contribution in [2.45, 2.75) is 26.4 Å². The number of amides is 2. The Labute approximate surface area is 152 Å². The van der Waals surface area contributed by atoms with Crippen LogP contribution in [0.25, 0.3) is 0 Å². The van der Waals surface area contributed by atoms with Gasteiger partial charge in [-0.15, -0.1) is 0 Å². The number of rotatable bonds is 6. The monoisotopic (exact) mass is 356 g/mol. The third kappa shape index (κ3) is 4.11. The minimum Gasteiger partial charge on any atom is -0.383 e. The van der Waals surface area contributed by atoms with E-state index >= 15 is 0 Å². The number of carbonyl (C=O) groups is 2. The van der Waals surface area contributed by atoms with Gasteiger partial charge in [-0.3, -0.25) is 14.3 Å². The Hall–Kier alpha value is -2.67. The summed E-state index contributed by atoms with van der Waals surface area (Å²) in [6.07, 6.45) is 0.803. The Kier molecular flexibility index (Phi) is 5.68. The van der Waals surface area contributed by atoms with Crippen molar-refractivity contribution in [3.63, 3.8) is 0 Å². The molecular weight excluding hydrogens is 332 g/mol. The SMILES string of the molecule is COCCNC(=O)c1cc2n(n1)CCCN(Cc1cccc(C)c1)C2=O. The molecule has 0 unspecified atom stereocenters. The number of hydrogen-bond donors (Lipinski definition) is 1. The summed E-state index contributed by atoms with van der Waals surface area (Å²) in [5.74, 6) is -0.381. The predicted octanol–water partition coefficient (Wildman–Crippen LogP) is 1.61. The lowest BCUT2D eigenvalue weighted by Gasteiger charge is -2.20. The predicted molar refractivity (Wildman–Crippen MR) is 97.0 cm³/mol. The van der Waals surface area contributed by atoms with Crippen molar-refractivity contribution in [3.05, 3.63) is 52.8 Å². The van der Waals surface area contributed by atoms with Crippen molar-refractivity contribution in [3.8, 4) is 0 Å². The number of ether oxygens (including phenoxy) is 1. The first-order chi connectivity index (χ1) is 12.6. The van der Waals surface area contributed by atoms with E-state index in [4.69, 9.17) is 4.74 Å². The molecule has 2 heterocycles. The summed E-state index contributed by atoms with van der Waals surface area (Å²) in [7, 11) is 1.58. The van der Waals surface area contributed by atoms with E-state index in [0.717, 1.165) is 12.0 Å². The molecule has 0 aliphatic carbocycles. The lowest BCUT2D eigenvalue weighted by molar-refractivity contribution is 0.0745. The van der Waals surface area contributed by atoms with Gasteiger partial charge in [-0.25, -0.2) is 0 Å². The lowest BCUT2D eigenvalue weighted by Crippen LogP contribution is -2.30. The van der Waals surface area contributed by atoms with Crippen molar-refractivity contribution < 1.29 is 14.3 Å². The molecule has 0 fully saturated rings. The summed E-state index contributed by atoms with van der Waals surface area (Å²) >= 11 is 0. The van der Waals surface area contributed by atoms with Crippen molar-refractivity contribution in [2.75, 3.05) is 26.8 Å². The molecule has 0 radical (unpaired) electrons. The largest absolute Gasteiger partial charge is 0.383 e. The molecule has 1 N–H and O–H groups in total. The summed E-state index contributed by atoms with van der Waals surface area (Å²) in [4.78, 5) is 26.9. The first-order valence-corrected chi connectivity index (χ1v) is 8.78. The fourth-order valence-electron chi connectivity index (χ4n) is 3.08. The zero-order valence-corrected chi connectivity index (χ0v) is 15.2. The van der Waals surface area contributed by atoms with E-state index in [-0.39, 0.29) is 17.5 Å². The van der Waals surface area contributed by atoms with Gasteiger partial charge in [0.2, 0.25) is 0 Å². The molecule has 138 valence electrons. The molecule has 0 saturated heterocycles. The Bertz CT molecular complexity index is 800. The minimum atomic E-state index is -0.291. The zero-order valence-electron chi connectivity index (χ0n) is 15.2. The van der Waals surface area contributed by atoms with E-state index < -0.39 is 0 Å². The molecule has 2 amide bonds. The second-order valence-electron chi connectivity index (χ2n) is 6.46.